The molecule has 7 aromatic carbocycles. The first-order valence-electron chi connectivity index (χ1n) is 23.0. The van der Waals surface area contributed by atoms with Gasteiger partial charge < -0.3 is 24.1 Å². The SMILES string of the molecule is [Ir+3].[c-]1cc(-c2cncn2-c2cc(-c3ccccc3-c3c[c-]c(-c4ccccn4)cc3-c3ccc(-c4ccccc4)cc3)cc(-c3cncn3-c3c[c-]c(-c4ccccn4)cc3)c2)ccc1-c1ccccn1. The van der Waals surface area contributed by atoms with Gasteiger partial charge in [0.1, 0.15) is 0 Å². The molecule has 0 N–H and O–H groups in total. The quantitative estimate of drug-likeness (QED) is 0.121. The van der Waals surface area contributed by atoms with E-state index in [9.17, 15) is 0 Å². The van der Waals surface area contributed by atoms with Crippen molar-refractivity contribution in [3.63, 3.8) is 0 Å². The van der Waals surface area contributed by atoms with Gasteiger partial charge in [-0.05, 0) is 87.0 Å². The second kappa shape index (κ2) is 20.0. The van der Waals surface area contributed by atoms with E-state index in [2.05, 4.69) is 165 Å². The Labute approximate surface area is 425 Å². The number of imidazole rings is 2. The molecule has 12 aromatic rings. The molecule has 0 unspecified atom stereocenters. The molecule has 0 aliphatic heterocycles. The van der Waals surface area contributed by atoms with Crippen LogP contribution < -0.4 is 0 Å². The zero-order valence-corrected chi connectivity index (χ0v) is 40.5. The molecular formula is C63H40IrN7. The number of aromatic nitrogens is 7. The van der Waals surface area contributed by atoms with Crippen molar-refractivity contribution in [3.8, 4) is 112 Å². The molecule has 0 bridgehead atoms. The van der Waals surface area contributed by atoms with Gasteiger partial charge in [-0.3, -0.25) is 0 Å². The average Bonchev–Trinajstić information content (AvgIpc) is 4.16. The average molecular weight is 1090 g/mol. The van der Waals surface area contributed by atoms with Gasteiger partial charge in [0.25, 0.3) is 0 Å². The monoisotopic (exact) mass is 1090 g/mol. The normalized spacial score (nSPS) is 11.0. The van der Waals surface area contributed by atoms with Crippen LogP contribution in [0.3, 0.4) is 0 Å². The molecule has 12 rings (SSSR count). The third kappa shape index (κ3) is 9.09. The number of hydrogen-bond acceptors (Lipinski definition) is 5. The molecule has 0 spiro atoms. The summed E-state index contributed by atoms with van der Waals surface area (Å²) < 4.78 is 4.25. The Hall–Kier alpha value is -8.94. The summed E-state index contributed by atoms with van der Waals surface area (Å²) in [6, 6.07) is 79.7. The first-order valence-corrected chi connectivity index (χ1v) is 23.0. The molecule has 0 saturated heterocycles. The van der Waals surface area contributed by atoms with Crippen LogP contribution in [0.15, 0.2) is 244 Å². The summed E-state index contributed by atoms with van der Waals surface area (Å²) in [7, 11) is 0. The predicted molar refractivity (Wildman–Crippen MR) is 280 cm³/mol. The Morgan fingerprint density at radius 2 is 0.845 bits per heavy atom. The van der Waals surface area contributed by atoms with Crippen molar-refractivity contribution in [3.05, 3.63) is 262 Å². The van der Waals surface area contributed by atoms with Crippen LogP contribution in [0.25, 0.3) is 112 Å². The summed E-state index contributed by atoms with van der Waals surface area (Å²) in [5.74, 6) is 0. The van der Waals surface area contributed by atoms with Gasteiger partial charge in [0, 0.05) is 41.7 Å². The third-order valence-electron chi connectivity index (χ3n) is 12.6. The van der Waals surface area contributed by atoms with Crippen molar-refractivity contribution >= 4 is 0 Å². The van der Waals surface area contributed by atoms with E-state index in [1.165, 1.54) is 5.56 Å². The van der Waals surface area contributed by atoms with Crippen LogP contribution in [0.5, 0.6) is 0 Å². The van der Waals surface area contributed by atoms with Gasteiger partial charge >= 0.3 is 20.1 Å². The Balaban J connectivity index is 0.00000547. The number of benzene rings is 7. The number of hydrogen-bond donors (Lipinski definition) is 0. The molecule has 5 heterocycles. The summed E-state index contributed by atoms with van der Waals surface area (Å²) in [5, 5.41) is 0. The van der Waals surface area contributed by atoms with Crippen molar-refractivity contribution in [1.82, 2.24) is 34.1 Å². The molecule has 71 heavy (non-hydrogen) atoms. The predicted octanol–water partition coefficient (Wildman–Crippen LogP) is 14.6. The maximum atomic E-state index is 4.72. The topological polar surface area (TPSA) is 74.3 Å². The molecular weight excluding hydrogens is 1050 g/mol. The molecule has 0 aliphatic rings. The fraction of sp³-hybridized carbons (Fsp3) is 0. The van der Waals surface area contributed by atoms with Crippen molar-refractivity contribution in [2.45, 2.75) is 0 Å². The molecule has 0 amide bonds. The zero-order chi connectivity index (χ0) is 46.6. The standard InChI is InChI=1S/C63H40N7.Ir/c1-2-12-44(13-3-1)45-19-21-46(22-20-45)58-39-50(61-18-8-11-35-68-61)29-32-57(58)56-15-5-4-14-55(56)51-36-52(63-41-65-42-69(63)53-30-27-48(28-31-53)60-17-7-10-34-67-60)38-54(37-51)70-43-64-40-62(70)49-25-23-47(24-26-49)59-16-6-9-33-66-59;/h1-23,25-27,30-43H;/q-3;+3. The molecule has 336 valence electrons. The maximum absolute atomic E-state index is 4.72. The van der Waals surface area contributed by atoms with E-state index in [1.807, 2.05) is 104 Å². The van der Waals surface area contributed by atoms with Crippen LogP contribution in [-0.4, -0.2) is 34.1 Å². The first kappa shape index (κ1) is 44.6. The van der Waals surface area contributed by atoms with E-state index < -0.39 is 0 Å². The summed E-state index contributed by atoms with van der Waals surface area (Å²) in [5.41, 5.74) is 19.7. The van der Waals surface area contributed by atoms with E-state index in [1.54, 1.807) is 12.4 Å². The van der Waals surface area contributed by atoms with Gasteiger partial charge in [0.05, 0.1) is 24.5 Å². The Kier molecular flexibility index (Phi) is 12.5. The maximum Gasteiger partial charge on any atom is 3.00 e. The summed E-state index contributed by atoms with van der Waals surface area (Å²) in [4.78, 5) is 23.2. The van der Waals surface area contributed by atoms with E-state index in [4.69, 9.17) is 15.0 Å². The first-order chi connectivity index (χ1) is 34.7. The molecule has 0 radical (unpaired) electrons. The fourth-order valence-electron chi connectivity index (χ4n) is 9.06. The molecule has 0 saturated carbocycles. The number of nitrogens with zero attached hydrogens (tertiary/aromatic N) is 7. The molecule has 0 atom stereocenters. The van der Waals surface area contributed by atoms with Gasteiger partial charge in [0.15, 0.2) is 0 Å². The Bertz CT molecular complexity index is 3580. The number of pyridine rings is 3. The van der Waals surface area contributed by atoms with Crippen LogP contribution in [-0.2, 0) is 20.1 Å². The van der Waals surface area contributed by atoms with Gasteiger partial charge in [-0.25, -0.2) is 9.97 Å². The molecule has 8 heteroatoms. The summed E-state index contributed by atoms with van der Waals surface area (Å²) in [6.07, 6.45) is 13.0. The van der Waals surface area contributed by atoms with Crippen LogP contribution in [0.4, 0.5) is 0 Å². The van der Waals surface area contributed by atoms with Gasteiger partial charge in [-0.2, -0.15) is 0 Å². The smallest absolute Gasteiger partial charge is 0.341 e. The van der Waals surface area contributed by atoms with Crippen molar-refractivity contribution in [2.24, 2.45) is 0 Å². The van der Waals surface area contributed by atoms with E-state index >= 15 is 0 Å². The summed E-state index contributed by atoms with van der Waals surface area (Å²) in [6.45, 7) is 0. The Morgan fingerprint density at radius 1 is 0.324 bits per heavy atom. The van der Waals surface area contributed by atoms with E-state index in [-0.39, 0.29) is 20.1 Å². The molecule has 7 nitrogen and oxygen atoms in total. The minimum Gasteiger partial charge on any atom is -0.341 e. The second-order valence-corrected chi connectivity index (χ2v) is 16.8. The van der Waals surface area contributed by atoms with Crippen molar-refractivity contribution in [1.29, 1.82) is 0 Å². The fourth-order valence-corrected chi connectivity index (χ4v) is 9.06. The van der Waals surface area contributed by atoms with Crippen LogP contribution in [0, 0.1) is 18.2 Å². The molecule has 5 aromatic heterocycles. The van der Waals surface area contributed by atoms with E-state index in [0.717, 1.165) is 107 Å². The second-order valence-electron chi connectivity index (χ2n) is 16.8. The Morgan fingerprint density at radius 3 is 1.46 bits per heavy atom. The molecule has 0 aliphatic carbocycles. The van der Waals surface area contributed by atoms with Crippen LogP contribution in [0.1, 0.15) is 0 Å². The van der Waals surface area contributed by atoms with Gasteiger partial charge in [0.2, 0.25) is 0 Å². The number of rotatable bonds is 11. The van der Waals surface area contributed by atoms with Crippen LogP contribution >= 0.6 is 0 Å². The largest absolute Gasteiger partial charge is 3.00 e. The van der Waals surface area contributed by atoms with Crippen molar-refractivity contribution in [2.75, 3.05) is 0 Å². The van der Waals surface area contributed by atoms with Crippen LogP contribution in [0.2, 0.25) is 0 Å². The van der Waals surface area contributed by atoms with Gasteiger partial charge in [-0.15, -0.1) is 83.4 Å². The minimum atomic E-state index is 0. The summed E-state index contributed by atoms with van der Waals surface area (Å²) >= 11 is 0. The minimum absolute atomic E-state index is 0. The van der Waals surface area contributed by atoms with Gasteiger partial charge in [-0.1, -0.05) is 138 Å². The molecule has 0 fully saturated rings. The third-order valence-corrected chi connectivity index (χ3v) is 12.6. The zero-order valence-electron chi connectivity index (χ0n) is 38.1. The van der Waals surface area contributed by atoms with E-state index in [0.29, 0.717) is 0 Å². The van der Waals surface area contributed by atoms with Crippen molar-refractivity contribution < 1.29 is 20.1 Å².